The first-order chi connectivity index (χ1) is 21.2. The lowest BCUT2D eigenvalue weighted by atomic mass is 10.0. The maximum absolute atomic E-state index is 8.56. The third-order valence-corrected chi connectivity index (χ3v) is 71.9. The van der Waals surface area contributed by atoms with Gasteiger partial charge >= 0.3 is 0 Å². The first-order valence-corrected chi connectivity index (χ1v) is 36.5. The van der Waals surface area contributed by atoms with Crippen LogP contribution < -0.4 is 0 Å². The van der Waals surface area contributed by atoms with Gasteiger partial charge in [0.2, 0.25) is 0 Å². The second-order valence-corrected chi connectivity index (χ2v) is 67.4. The zero-order valence-corrected chi connectivity index (χ0v) is 72.8. The molecule has 0 rings (SSSR count). The molecule has 1 atom stereocenters. The highest BCUT2D eigenvalue weighted by Crippen LogP contribution is 2.83. The Hall–Kier alpha value is 15.4. The third-order valence-electron chi connectivity index (χ3n) is 5.44. The standard InChI is InChI=1S/C15Br32.H2O3S/c16-1(17,2(18,19)4(22,23)6(26,27)8(30,31)10(34,35)12(38,39)14(42,43)44)3(20,21)5(24,25)7(28,29)9(32,33)11(36,37)13(40,41)15(45,46)47;1-4(2)3/h;(H2,1,2,3)/p-1. The van der Waals surface area contributed by atoms with Crippen molar-refractivity contribution in [3.05, 3.63) is 0 Å². The van der Waals surface area contributed by atoms with E-state index >= 15 is 0 Å². The van der Waals surface area contributed by atoms with E-state index < -0.39 is 57.7 Å². The predicted octanol–water partition coefficient (Wildman–Crippen LogP) is 23.3. The van der Waals surface area contributed by atoms with Crippen molar-refractivity contribution in [2.24, 2.45) is 0 Å². The van der Waals surface area contributed by atoms with E-state index in [0.717, 1.165) is 0 Å². The molecule has 0 spiro atoms. The molecular weight excluding hydrogens is 2820 g/mol. The topological polar surface area (TPSA) is 60.4 Å². The van der Waals surface area contributed by atoms with Crippen LogP contribution in [-0.4, -0.2) is 59.6 Å². The van der Waals surface area contributed by atoms with Crippen LogP contribution in [0.2, 0.25) is 0 Å². The number of alkyl halides is 32. The summed E-state index contributed by atoms with van der Waals surface area (Å²) in [5.41, 5.74) is 0. The molecule has 51 heavy (non-hydrogen) atoms. The van der Waals surface area contributed by atoms with E-state index in [4.69, 9.17) is 13.3 Å². The van der Waals surface area contributed by atoms with Crippen molar-refractivity contribution in [1.82, 2.24) is 0 Å². The van der Waals surface area contributed by atoms with Crippen molar-refractivity contribution in [3.8, 4) is 0 Å². The third kappa shape index (κ3) is 13.2. The van der Waals surface area contributed by atoms with Crippen LogP contribution in [0.25, 0.3) is 0 Å². The van der Waals surface area contributed by atoms with E-state index in [9.17, 15) is 0 Å². The van der Waals surface area contributed by atoms with Gasteiger partial charge in [-0.15, -0.1) is 0 Å². The quantitative estimate of drug-likeness (QED) is 0.156. The number of hydrogen-bond acceptors (Lipinski definition) is 2. The maximum atomic E-state index is 8.56. The Bertz CT molecular complexity index is 1160. The summed E-state index contributed by atoms with van der Waals surface area (Å²) in [5.74, 6) is 0. The molecule has 0 aromatic rings. The van der Waals surface area contributed by atoms with E-state index in [1.165, 1.54) is 0 Å². The number of hydrogen-bond donors (Lipinski definition) is 1. The molecule has 1 unspecified atom stereocenters. The van der Waals surface area contributed by atoms with Crippen LogP contribution in [0.4, 0.5) is 0 Å². The summed E-state index contributed by atoms with van der Waals surface area (Å²) in [5, 5.41) is 0. The molecule has 0 aliphatic heterocycles. The van der Waals surface area contributed by atoms with Gasteiger partial charge < -0.3 is 9.11 Å². The lowest BCUT2D eigenvalue weighted by Crippen LogP contribution is -2.73. The second-order valence-electron chi connectivity index (χ2n) is 8.68. The van der Waals surface area contributed by atoms with Crippen molar-refractivity contribution in [1.29, 1.82) is 0 Å². The molecule has 0 heterocycles. The molecule has 0 radical (unpaired) electrons. The van der Waals surface area contributed by atoms with Gasteiger partial charge in [-0.3, -0.25) is 0 Å². The van der Waals surface area contributed by atoms with Crippen LogP contribution in [0.3, 0.4) is 0 Å². The van der Waals surface area contributed by atoms with Crippen molar-refractivity contribution in [2.45, 2.75) is 46.3 Å². The molecule has 310 valence electrons. The molecule has 36 heteroatoms. The van der Waals surface area contributed by atoms with Gasteiger partial charge in [0.25, 0.3) is 0 Å². The molecule has 0 amide bonds. The van der Waals surface area contributed by atoms with Crippen molar-refractivity contribution in [2.75, 3.05) is 0 Å². The molecular formula is C15HBr32O3S-. The van der Waals surface area contributed by atoms with Crippen LogP contribution in [0.15, 0.2) is 0 Å². The smallest absolute Gasteiger partial charge is 0.162 e. The molecule has 0 bridgehead atoms. The van der Waals surface area contributed by atoms with E-state index in [-0.39, 0.29) is 0 Å². The highest BCUT2D eigenvalue weighted by atomic mass is 80.0. The van der Waals surface area contributed by atoms with Crippen LogP contribution in [0, 0.1) is 0 Å². The Labute approximate surface area is 566 Å². The summed E-state index contributed by atoms with van der Waals surface area (Å²) >= 11 is 121. The van der Waals surface area contributed by atoms with Gasteiger partial charge in [-0.05, 0) is 0 Å². The largest absolute Gasteiger partial charge is 0.750 e. The summed E-state index contributed by atoms with van der Waals surface area (Å²) < 4.78 is 7.01. The van der Waals surface area contributed by atoms with E-state index in [1.54, 1.807) is 0 Å². The number of rotatable bonds is 12. The van der Waals surface area contributed by atoms with E-state index in [2.05, 4.69) is 510 Å². The Morgan fingerprint density at radius 3 is 0.373 bits per heavy atom. The average molecular weight is 2820 g/mol. The number of halogens is 32. The van der Waals surface area contributed by atoms with Gasteiger partial charge in [-0.1, -0.05) is 510 Å². The molecule has 0 aliphatic carbocycles. The average Bonchev–Trinajstić information content (AvgIpc) is 2.85. The van der Waals surface area contributed by atoms with Gasteiger partial charge in [0.1, 0.15) is 42.0 Å². The van der Waals surface area contributed by atoms with Gasteiger partial charge in [0.05, 0.1) is 11.4 Å². The van der Waals surface area contributed by atoms with E-state index in [0.29, 0.717) is 0 Å². The monoisotopic (exact) mass is 2790 g/mol. The fourth-order valence-corrected chi connectivity index (χ4v) is 33.5. The minimum Gasteiger partial charge on any atom is -0.750 e. The van der Waals surface area contributed by atoms with Crippen LogP contribution >= 0.6 is 510 Å². The van der Waals surface area contributed by atoms with Crippen molar-refractivity contribution >= 4 is 521 Å². The lowest BCUT2D eigenvalue weighted by molar-refractivity contribution is 0.436. The normalized spacial score (nSPS) is 17.2. The Morgan fingerprint density at radius 2 is 0.314 bits per heavy atom. The first-order valence-electron chi connectivity index (χ1n) is 10.1. The molecule has 1 N–H and O–H groups in total. The summed E-state index contributed by atoms with van der Waals surface area (Å²) in [4.78, 5) is 0. The van der Waals surface area contributed by atoms with E-state index in [1.807, 2.05) is 0 Å². The second kappa shape index (κ2) is 23.1. The molecule has 0 aliphatic rings. The first kappa shape index (κ1) is 68.5. The van der Waals surface area contributed by atoms with Crippen LogP contribution in [-0.2, 0) is 11.4 Å². The summed E-state index contributed by atoms with van der Waals surface area (Å²) in [6, 6.07) is 0. The van der Waals surface area contributed by atoms with Crippen LogP contribution in [0.5, 0.6) is 0 Å². The Morgan fingerprint density at radius 1 is 0.255 bits per heavy atom. The van der Waals surface area contributed by atoms with Crippen molar-refractivity contribution in [3.63, 3.8) is 0 Å². The fourth-order valence-electron chi connectivity index (χ4n) is 2.52. The lowest BCUT2D eigenvalue weighted by Gasteiger charge is -2.61. The summed E-state index contributed by atoms with van der Waals surface area (Å²) in [6.45, 7) is 0. The molecule has 0 aromatic carbocycles. The molecule has 0 aromatic heterocycles. The van der Waals surface area contributed by atoms with Gasteiger partial charge in [0, 0.05) is 0 Å². The highest BCUT2D eigenvalue weighted by Gasteiger charge is 2.83. The highest BCUT2D eigenvalue weighted by molar-refractivity contribution is 9.43. The summed E-state index contributed by atoms with van der Waals surface area (Å²) in [7, 11) is 0. The summed E-state index contributed by atoms with van der Waals surface area (Å²) in [6.07, 6.45) is 0. The molecule has 3 nitrogen and oxygen atoms in total. The fraction of sp³-hybridized carbons (Fsp3) is 1.00. The molecule has 0 saturated carbocycles. The predicted molar refractivity (Wildman–Crippen MR) is 338 cm³/mol. The zero-order valence-electron chi connectivity index (χ0n) is 21.3. The Kier molecular flexibility index (Phi) is 31.0. The van der Waals surface area contributed by atoms with Gasteiger partial charge in [-0.2, -0.15) is 0 Å². The van der Waals surface area contributed by atoms with Crippen LogP contribution in [0.1, 0.15) is 0 Å². The molecule has 0 saturated heterocycles. The van der Waals surface area contributed by atoms with Gasteiger partial charge in [-0.25, -0.2) is 4.21 Å². The Balaban J connectivity index is 0. The minimum atomic E-state index is -2.86. The van der Waals surface area contributed by atoms with Crippen molar-refractivity contribution < 1.29 is 13.3 Å². The van der Waals surface area contributed by atoms with Gasteiger partial charge in [0.15, 0.2) is 4.29 Å². The zero-order chi connectivity index (χ0) is 43.1. The minimum absolute atomic E-state index is 0.884. The maximum Gasteiger partial charge on any atom is 0.162 e. The molecule has 0 fully saturated rings. The SMILES string of the molecule is BrC(Br)(Br)C(Br)(Br)C(Br)(Br)C(Br)(Br)C(Br)(Br)C(Br)(Br)C(Br)(Br)C(Br)(Br)C(Br)(Br)C(Br)(Br)C(Br)(Br)C(Br)(Br)C(Br)(Br)C(Br)(Br)C(Br)(Br)Br.O=S([O-])O.